The van der Waals surface area contributed by atoms with Crippen molar-refractivity contribution in [3.05, 3.63) is 88.4 Å². The van der Waals surface area contributed by atoms with Gasteiger partial charge < -0.3 is 10.6 Å². The Bertz CT molecular complexity index is 1250. The van der Waals surface area contributed by atoms with Gasteiger partial charge in [-0.1, -0.05) is 47.5 Å². The Morgan fingerprint density at radius 1 is 0.879 bits per heavy atom. The van der Waals surface area contributed by atoms with Gasteiger partial charge in [-0.05, 0) is 54.1 Å². The average Bonchev–Trinajstić information content (AvgIpc) is 2.76. The van der Waals surface area contributed by atoms with Gasteiger partial charge in [-0.2, -0.15) is 4.31 Å². The van der Waals surface area contributed by atoms with Crippen molar-refractivity contribution in [1.29, 1.82) is 0 Å². The minimum absolute atomic E-state index is 0.0579. The fraction of sp³-hybridized carbons (Fsp3) is 0.130. The van der Waals surface area contributed by atoms with Gasteiger partial charge in [0.15, 0.2) is 0 Å². The molecular weight excluding hydrogens is 485 g/mol. The lowest BCUT2D eigenvalue weighted by Crippen LogP contribution is -2.37. The van der Waals surface area contributed by atoms with Crippen LogP contribution in [0.15, 0.2) is 77.7 Å². The number of anilines is 2. The number of nitrogens with one attached hydrogen (secondary N) is 2. The topological polar surface area (TPSA) is 95.6 Å². The second-order valence-corrected chi connectivity index (χ2v) is 9.91. The van der Waals surface area contributed by atoms with Crippen LogP contribution in [-0.2, 0) is 26.2 Å². The number of benzene rings is 3. The van der Waals surface area contributed by atoms with Crippen LogP contribution in [0.5, 0.6) is 0 Å². The Morgan fingerprint density at radius 2 is 1.48 bits per heavy atom. The van der Waals surface area contributed by atoms with E-state index in [9.17, 15) is 18.0 Å². The van der Waals surface area contributed by atoms with Crippen LogP contribution < -0.4 is 10.6 Å². The Hall–Kier alpha value is -2.91. The summed E-state index contributed by atoms with van der Waals surface area (Å²) in [4.78, 5) is 24.0. The molecule has 0 aliphatic rings. The lowest BCUT2D eigenvalue weighted by Gasteiger charge is -2.22. The number of carbonyl (C=O) groups excluding carboxylic acids is 2. The fourth-order valence-corrected chi connectivity index (χ4v) is 4.87. The lowest BCUT2D eigenvalue weighted by atomic mass is 10.2. The lowest BCUT2D eigenvalue weighted by molar-refractivity contribution is -0.116. The molecule has 0 saturated carbocycles. The zero-order chi connectivity index (χ0) is 24.0. The first-order valence-corrected chi connectivity index (χ1v) is 12.0. The highest BCUT2D eigenvalue weighted by Gasteiger charge is 2.27. The Labute approximate surface area is 202 Å². The van der Waals surface area contributed by atoms with Crippen LogP contribution in [0.4, 0.5) is 11.4 Å². The minimum Gasteiger partial charge on any atom is -0.326 e. The Morgan fingerprint density at radius 3 is 2.06 bits per heavy atom. The number of hydrogen-bond acceptors (Lipinski definition) is 4. The highest BCUT2D eigenvalue weighted by molar-refractivity contribution is 7.89. The van der Waals surface area contributed by atoms with Gasteiger partial charge in [-0.15, -0.1) is 0 Å². The van der Waals surface area contributed by atoms with E-state index in [0.717, 1.165) is 4.31 Å². The summed E-state index contributed by atoms with van der Waals surface area (Å²) in [7, 11) is -4.00. The van der Waals surface area contributed by atoms with Crippen molar-refractivity contribution in [2.24, 2.45) is 0 Å². The standard InChI is InChI=1S/C23H21Cl2N3O4S/c1-16(29)26-19-9-11-20(12-10-19)27-23(30)15-28(14-17-7-8-18(24)13-22(17)25)33(31,32)21-5-3-2-4-6-21/h2-13H,14-15H2,1H3,(H,26,29)(H,27,30). The summed E-state index contributed by atoms with van der Waals surface area (Å²) in [6.07, 6.45) is 0. The Kier molecular flexibility index (Phi) is 8.10. The smallest absolute Gasteiger partial charge is 0.243 e. The van der Waals surface area contributed by atoms with Crippen molar-refractivity contribution >= 4 is 56.4 Å². The highest BCUT2D eigenvalue weighted by atomic mass is 35.5. The number of nitrogens with zero attached hydrogens (tertiary/aromatic N) is 1. The molecular formula is C23H21Cl2N3O4S. The number of hydrogen-bond donors (Lipinski definition) is 2. The summed E-state index contributed by atoms with van der Waals surface area (Å²) < 4.78 is 27.6. The van der Waals surface area contributed by atoms with Crippen LogP contribution in [0.1, 0.15) is 12.5 Å². The van der Waals surface area contributed by atoms with Crippen LogP contribution in [0.2, 0.25) is 10.0 Å². The van der Waals surface area contributed by atoms with Crippen molar-refractivity contribution in [3.8, 4) is 0 Å². The van der Waals surface area contributed by atoms with Crippen LogP contribution in [-0.4, -0.2) is 31.1 Å². The second-order valence-electron chi connectivity index (χ2n) is 7.13. The van der Waals surface area contributed by atoms with Gasteiger partial charge in [0, 0.05) is 34.9 Å². The second kappa shape index (κ2) is 10.8. The molecule has 0 radical (unpaired) electrons. The van der Waals surface area contributed by atoms with E-state index in [2.05, 4.69) is 10.6 Å². The molecule has 0 heterocycles. The summed E-state index contributed by atoms with van der Waals surface area (Å²) in [5, 5.41) is 6.02. The SMILES string of the molecule is CC(=O)Nc1ccc(NC(=O)CN(Cc2ccc(Cl)cc2Cl)S(=O)(=O)c2ccccc2)cc1. The zero-order valence-electron chi connectivity index (χ0n) is 17.6. The molecule has 2 N–H and O–H groups in total. The molecule has 0 aliphatic carbocycles. The average molecular weight is 506 g/mol. The largest absolute Gasteiger partial charge is 0.326 e. The van der Waals surface area contributed by atoms with Gasteiger partial charge >= 0.3 is 0 Å². The predicted octanol–water partition coefficient (Wildman–Crippen LogP) is 4.78. The van der Waals surface area contributed by atoms with Crippen molar-refractivity contribution in [2.45, 2.75) is 18.4 Å². The molecule has 7 nitrogen and oxygen atoms in total. The normalized spacial score (nSPS) is 11.3. The zero-order valence-corrected chi connectivity index (χ0v) is 19.9. The number of sulfonamides is 1. The third kappa shape index (κ3) is 6.79. The molecule has 0 bridgehead atoms. The fourth-order valence-electron chi connectivity index (χ4n) is 3.01. The number of rotatable bonds is 8. The van der Waals surface area contributed by atoms with Crippen molar-refractivity contribution in [1.82, 2.24) is 4.31 Å². The third-order valence-corrected chi connectivity index (χ3v) is 6.94. The molecule has 10 heteroatoms. The Balaban J connectivity index is 1.83. The summed E-state index contributed by atoms with van der Waals surface area (Å²) in [6, 6.07) is 19.1. The first-order valence-electron chi connectivity index (χ1n) is 9.82. The molecule has 0 aliphatic heterocycles. The van der Waals surface area contributed by atoms with E-state index in [4.69, 9.17) is 23.2 Å². The molecule has 2 amide bonds. The summed E-state index contributed by atoms with van der Waals surface area (Å²) in [5.41, 5.74) is 1.54. The molecule has 3 rings (SSSR count). The van der Waals surface area contributed by atoms with E-state index in [0.29, 0.717) is 27.0 Å². The minimum atomic E-state index is -4.00. The predicted molar refractivity (Wildman–Crippen MR) is 130 cm³/mol. The van der Waals surface area contributed by atoms with Crippen LogP contribution in [0.25, 0.3) is 0 Å². The number of halogens is 2. The molecule has 172 valence electrons. The molecule has 0 saturated heterocycles. The first kappa shape index (κ1) is 24.7. The third-order valence-electron chi connectivity index (χ3n) is 4.55. The molecule has 0 aromatic heterocycles. The van der Waals surface area contributed by atoms with E-state index < -0.39 is 22.5 Å². The maximum Gasteiger partial charge on any atom is 0.243 e. The molecule has 0 fully saturated rings. The van der Waals surface area contributed by atoms with Crippen LogP contribution in [0, 0.1) is 0 Å². The molecule has 0 atom stereocenters. The first-order chi connectivity index (χ1) is 15.6. The van der Waals surface area contributed by atoms with Crippen molar-refractivity contribution < 1.29 is 18.0 Å². The van der Waals surface area contributed by atoms with Gasteiger partial charge in [-0.3, -0.25) is 9.59 Å². The quantitative estimate of drug-likeness (QED) is 0.460. The van der Waals surface area contributed by atoms with Gasteiger partial charge in [0.2, 0.25) is 21.8 Å². The highest BCUT2D eigenvalue weighted by Crippen LogP contribution is 2.25. The van der Waals surface area contributed by atoms with E-state index in [1.54, 1.807) is 54.6 Å². The summed E-state index contributed by atoms with van der Waals surface area (Å²) >= 11 is 12.2. The van der Waals surface area contributed by atoms with Gasteiger partial charge in [0.25, 0.3) is 0 Å². The maximum absolute atomic E-state index is 13.3. The summed E-state index contributed by atoms with van der Waals surface area (Å²) in [6.45, 7) is 0.830. The summed E-state index contributed by atoms with van der Waals surface area (Å²) in [5.74, 6) is -0.749. The number of amides is 2. The van der Waals surface area contributed by atoms with E-state index in [1.165, 1.54) is 25.1 Å². The van der Waals surface area contributed by atoms with Crippen molar-refractivity contribution in [2.75, 3.05) is 17.2 Å². The van der Waals surface area contributed by atoms with Gasteiger partial charge in [-0.25, -0.2) is 8.42 Å². The van der Waals surface area contributed by atoms with Gasteiger partial charge in [0.05, 0.1) is 11.4 Å². The van der Waals surface area contributed by atoms with Crippen molar-refractivity contribution in [3.63, 3.8) is 0 Å². The maximum atomic E-state index is 13.3. The van der Waals surface area contributed by atoms with E-state index in [1.807, 2.05) is 0 Å². The van der Waals surface area contributed by atoms with Crippen LogP contribution in [0.3, 0.4) is 0 Å². The molecule has 0 spiro atoms. The molecule has 33 heavy (non-hydrogen) atoms. The molecule has 0 unspecified atom stereocenters. The van der Waals surface area contributed by atoms with Gasteiger partial charge in [0.1, 0.15) is 0 Å². The monoisotopic (exact) mass is 505 g/mol. The molecule has 3 aromatic rings. The number of carbonyl (C=O) groups is 2. The van der Waals surface area contributed by atoms with E-state index >= 15 is 0 Å². The van der Waals surface area contributed by atoms with E-state index in [-0.39, 0.29) is 17.3 Å². The molecule has 3 aromatic carbocycles. The van der Waals surface area contributed by atoms with Crippen LogP contribution >= 0.6 is 23.2 Å².